The van der Waals surface area contributed by atoms with Gasteiger partial charge in [-0.25, -0.2) is 4.79 Å². The van der Waals surface area contributed by atoms with Crippen molar-refractivity contribution in [2.45, 2.75) is 19.5 Å². The lowest BCUT2D eigenvalue weighted by Crippen LogP contribution is -2.29. The third kappa shape index (κ3) is 3.83. The Kier molecular flexibility index (Phi) is 5.36. The number of para-hydroxylation sites is 1. The van der Waals surface area contributed by atoms with E-state index in [9.17, 15) is 4.79 Å². The largest absolute Gasteiger partial charge is 0.497 e. The zero-order valence-corrected chi connectivity index (χ0v) is 14.4. The molecule has 130 valence electrons. The van der Waals surface area contributed by atoms with Crippen LogP contribution in [0, 0.1) is 0 Å². The zero-order valence-electron chi connectivity index (χ0n) is 14.4. The average Bonchev–Trinajstić information content (AvgIpc) is 3.07. The summed E-state index contributed by atoms with van der Waals surface area (Å²) in [6.45, 7) is 2.71. The van der Waals surface area contributed by atoms with Crippen molar-refractivity contribution in [3.63, 3.8) is 0 Å². The summed E-state index contributed by atoms with van der Waals surface area (Å²) in [5.74, 6) is 0.531. The number of hydrogen-bond acceptors (Lipinski definition) is 4. The number of nitrogens with one attached hydrogen (secondary N) is 2. The molecule has 0 saturated heterocycles. The van der Waals surface area contributed by atoms with Gasteiger partial charge in [0, 0.05) is 29.2 Å². The van der Waals surface area contributed by atoms with Crippen LogP contribution in [0.15, 0.2) is 54.7 Å². The molecule has 0 saturated carbocycles. The first-order valence-electron chi connectivity index (χ1n) is 8.32. The molecule has 1 unspecified atom stereocenters. The Hall–Kier alpha value is -2.79. The van der Waals surface area contributed by atoms with Gasteiger partial charge in [0.1, 0.15) is 11.8 Å². The Morgan fingerprint density at radius 1 is 1.16 bits per heavy atom. The van der Waals surface area contributed by atoms with Crippen molar-refractivity contribution in [2.24, 2.45) is 0 Å². The van der Waals surface area contributed by atoms with Crippen molar-refractivity contribution >= 4 is 16.9 Å². The number of aromatic nitrogens is 1. The van der Waals surface area contributed by atoms with Gasteiger partial charge < -0.3 is 14.5 Å². The first-order valence-corrected chi connectivity index (χ1v) is 8.32. The third-order valence-electron chi connectivity index (χ3n) is 4.12. The molecular formula is C20H22N2O3. The topological polar surface area (TPSA) is 63.4 Å². The minimum absolute atomic E-state index is 0.277. The summed E-state index contributed by atoms with van der Waals surface area (Å²) >= 11 is 0. The van der Waals surface area contributed by atoms with E-state index in [1.54, 1.807) is 7.11 Å². The molecule has 1 aromatic heterocycles. The Balaban J connectivity index is 1.83. The second kappa shape index (κ2) is 7.85. The number of ether oxygens (including phenoxy) is 2. The number of benzene rings is 2. The first-order chi connectivity index (χ1) is 12.2. The van der Waals surface area contributed by atoms with Crippen molar-refractivity contribution in [3.8, 4) is 5.75 Å². The van der Waals surface area contributed by atoms with Crippen LogP contribution in [0.5, 0.6) is 5.75 Å². The monoisotopic (exact) mass is 338 g/mol. The van der Waals surface area contributed by atoms with E-state index in [0.717, 1.165) is 27.8 Å². The number of carbonyl (C=O) groups is 1. The summed E-state index contributed by atoms with van der Waals surface area (Å²) in [4.78, 5) is 15.7. The number of H-pyrrole nitrogens is 1. The molecule has 0 radical (unpaired) electrons. The molecule has 2 aromatic carbocycles. The normalized spacial score (nSPS) is 12.1. The van der Waals surface area contributed by atoms with Gasteiger partial charge in [0.2, 0.25) is 0 Å². The van der Waals surface area contributed by atoms with Crippen molar-refractivity contribution in [1.82, 2.24) is 10.3 Å². The summed E-state index contributed by atoms with van der Waals surface area (Å²) in [6.07, 6.45) is 1.87. The molecule has 0 aliphatic carbocycles. The van der Waals surface area contributed by atoms with E-state index in [4.69, 9.17) is 9.47 Å². The molecule has 25 heavy (non-hydrogen) atoms. The molecule has 0 amide bonds. The molecule has 0 aliphatic rings. The molecule has 5 heteroatoms. The maximum atomic E-state index is 12.5. The molecule has 0 bridgehead atoms. The second-order valence-corrected chi connectivity index (χ2v) is 5.70. The predicted molar refractivity (Wildman–Crippen MR) is 97.5 cm³/mol. The van der Waals surface area contributed by atoms with E-state index < -0.39 is 6.04 Å². The Bertz CT molecular complexity index is 840. The van der Waals surface area contributed by atoms with Gasteiger partial charge in [-0.1, -0.05) is 30.3 Å². The number of aromatic amines is 1. The van der Waals surface area contributed by atoms with E-state index in [1.165, 1.54) is 0 Å². The number of esters is 1. The molecule has 1 atom stereocenters. The van der Waals surface area contributed by atoms with Crippen LogP contribution in [0.1, 0.15) is 24.1 Å². The molecule has 2 N–H and O–H groups in total. The maximum Gasteiger partial charge on any atom is 0.327 e. The standard InChI is InChI=1S/C20H22N2O3/c1-3-25-20(23)19(17-13-21-18-7-5-4-6-16(17)18)22-12-14-8-10-15(24-2)11-9-14/h4-11,13,19,21-22H,3,12H2,1-2H3. The van der Waals surface area contributed by atoms with Crippen LogP contribution < -0.4 is 10.1 Å². The number of methoxy groups -OCH3 is 1. The Morgan fingerprint density at radius 3 is 2.64 bits per heavy atom. The van der Waals surface area contributed by atoms with Gasteiger partial charge in [0.05, 0.1) is 13.7 Å². The zero-order chi connectivity index (χ0) is 17.6. The van der Waals surface area contributed by atoms with Crippen molar-refractivity contribution in [3.05, 3.63) is 65.9 Å². The second-order valence-electron chi connectivity index (χ2n) is 5.70. The number of fused-ring (bicyclic) bond motifs is 1. The number of hydrogen-bond donors (Lipinski definition) is 2. The molecular weight excluding hydrogens is 316 g/mol. The van der Waals surface area contributed by atoms with Gasteiger partial charge in [0.25, 0.3) is 0 Å². The lowest BCUT2D eigenvalue weighted by molar-refractivity contribution is -0.145. The van der Waals surface area contributed by atoms with Crippen LogP contribution in [0.3, 0.4) is 0 Å². The van der Waals surface area contributed by atoms with Crippen molar-refractivity contribution < 1.29 is 14.3 Å². The van der Waals surface area contributed by atoms with E-state index in [2.05, 4.69) is 10.3 Å². The molecule has 5 nitrogen and oxygen atoms in total. The van der Waals surface area contributed by atoms with Gasteiger partial charge in [-0.3, -0.25) is 5.32 Å². The minimum Gasteiger partial charge on any atom is -0.497 e. The van der Waals surface area contributed by atoms with E-state index in [0.29, 0.717) is 13.2 Å². The highest BCUT2D eigenvalue weighted by atomic mass is 16.5. The fourth-order valence-electron chi connectivity index (χ4n) is 2.84. The SMILES string of the molecule is CCOC(=O)C(NCc1ccc(OC)cc1)c1c[nH]c2ccccc12. The third-order valence-corrected chi connectivity index (χ3v) is 4.12. The highest BCUT2D eigenvalue weighted by molar-refractivity contribution is 5.89. The summed E-state index contributed by atoms with van der Waals surface area (Å²) < 4.78 is 10.4. The molecule has 0 fully saturated rings. The summed E-state index contributed by atoms with van der Waals surface area (Å²) in [7, 11) is 1.64. The van der Waals surface area contributed by atoms with Gasteiger partial charge in [0.15, 0.2) is 0 Å². The number of rotatable bonds is 7. The van der Waals surface area contributed by atoms with Gasteiger partial charge in [-0.05, 0) is 30.7 Å². The Labute approximate surface area is 147 Å². The van der Waals surface area contributed by atoms with E-state index >= 15 is 0 Å². The van der Waals surface area contributed by atoms with Crippen LogP contribution in [-0.2, 0) is 16.1 Å². The van der Waals surface area contributed by atoms with Crippen LogP contribution >= 0.6 is 0 Å². The fraction of sp³-hybridized carbons (Fsp3) is 0.250. The number of carbonyl (C=O) groups excluding carboxylic acids is 1. The van der Waals surface area contributed by atoms with Gasteiger partial charge in [-0.2, -0.15) is 0 Å². The summed E-state index contributed by atoms with van der Waals surface area (Å²) in [5.41, 5.74) is 2.95. The van der Waals surface area contributed by atoms with E-state index in [1.807, 2.05) is 61.7 Å². The average molecular weight is 338 g/mol. The predicted octanol–water partition coefficient (Wildman–Crippen LogP) is 3.57. The van der Waals surface area contributed by atoms with E-state index in [-0.39, 0.29) is 5.97 Å². The lowest BCUT2D eigenvalue weighted by atomic mass is 10.1. The maximum absolute atomic E-state index is 12.5. The van der Waals surface area contributed by atoms with Gasteiger partial charge >= 0.3 is 5.97 Å². The molecule has 0 spiro atoms. The van der Waals surface area contributed by atoms with Crippen LogP contribution in [0.25, 0.3) is 10.9 Å². The fourth-order valence-corrected chi connectivity index (χ4v) is 2.84. The quantitative estimate of drug-likeness (QED) is 0.647. The molecule has 3 aromatic rings. The van der Waals surface area contributed by atoms with Gasteiger partial charge in [-0.15, -0.1) is 0 Å². The van der Waals surface area contributed by atoms with Crippen molar-refractivity contribution in [1.29, 1.82) is 0 Å². The summed E-state index contributed by atoms with van der Waals surface area (Å²) in [6, 6.07) is 15.2. The highest BCUT2D eigenvalue weighted by Gasteiger charge is 2.24. The molecule has 0 aliphatic heterocycles. The first kappa shape index (κ1) is 17.0. The highest BCUT2D eigenvalue weighted by Crippen LogP contribution is 2.25. The smallest absolute Gasteiger partial charge is 0.327 e. The summed E-state index contributed by atoms with van der Waals surface area (Å²) in [5, 5.41) is 4.33. The van der Waals surface area contributed by atoms with Crippen LogP contribution in [0.2, 0.25) is 0 Å². The van der Waals surface area contributed by atoms with Crippen LogP contribution in [0.4, 0.5) is 0 Å². The lowest BCUT2D eigenvalue weighted by Gasteiger charge is -2.17. The van der Waals surface area contributed by atoms with Crippen molar-refractivity contribution in [2.75, 3.05) is 13.7 Å². The minimum atomic E-state index is -0.529. The molecule has 3 rings (SSSR count). The molecule has 1 heterocycles. The van der Waals surface area contributed by atoms with Crippen LogP contribution in [-0.4, -0.2) is 24.7 Å². The Morgan fingerprint density at radius 2 is 1.92 bits per heavy atom.